The van der Waals surface area contributed by atoms with Gasteiger partial charge in [0.25, 0.3) is 0 Å². The fourth-order valence-electron chi connectivity index (χ4n) is 3.23. The van der Waals surface area contributed by atoms with Crippen LogP contribution in [0.3, 0.4) is 0 Å². The number of hydrogen-bond acceptors (Lipinski definition) is 6. The summed E-state index contributed by atoms with van der Waals surface area (Å²) in [6.45, 7) is 0.515. The van der Waals surface area contributed by atoms with Crippen molar-refractivity contribution in [1.29, 1.82) is 0 Å². The molecule has 0 radical (unpaired) electrons. The molecule has 136 valence electrons. The second-order valence-corrected chi connectivity index (χ2v) is 6.70. The van der Waals surface area contributed by atoms with E-state index in [-0.39, 0.29) is 29.3 Å². The highest BCUT2D eigenvalue weighted by Gasteiger charge is 2.39. The second-order valence-electron chi connectivity index (χ2n) is 6.70. The van der Waals surface area contributed by atoms with Crippen LogP contribution in [-0.4, -0.2) is 34.0 Å². The fraction of sp³-hybridized carbons (Fsp3) is 0.556. The maximum atomic E-state index is 12.3. The zero-order valence-corrected chi connectivity index (χ0v) is 14.5. The quantitative estimate of drug-likeness (QED) is 0.695. The third-order valence-corrected chi connectivity index (χ3v) is 4.85. The van der Waals surface area contributed by atoms with Gasteiger partial charge in [-0.1, -0.05) is 0 Å². The number of carbonyl (C=O) groups excluding carboxylic acids is 2. The van der Waals surface area contributed by atoms with Gasteiger partial charge in [-0.2, -0.15) is 10.2 Å². The normalized spacial score (nSPS) is 22.4. The largest absolute Gasteiger partial charge is 0.356 e. The molecule has 2 aliphatic rings. The number of rotatable bonds is 8. The first kappa shape index (κ1) is 18.0. The molecule has 0 bridgehead atoms. The van der Waals surface area contributed by atoms with Crippen molar-refractivity contribution in [2.24, 2.45) is 22.1 Å². The molecule has 0 spiro atoms. The number of terminal acetylenes is 1. The average Bonchev–Trinajstić information content (AvgIpc) is 3.23. The number of hydrogen-bond donors (Lipinski definition) is 2. The molecule has 0 unspecified atom stereocenters. The van der Waals surface area contributed by atoms with Crippen molar-refractivity contribution < 1.29 is 9.59 Å². The highest BCUT2D eigenvalue weighted by Crippen LogP contribution is 2.36. The van der Waals surface area contributed by atoms with Crippen LogP contribution in [0.2, 0.25) is 0 Å². The van der Waals surface area contributed by atoms with Crippen LogP contribution in [0, 0.1) is 24.2 Å². The predicted octanol–water partition coefficient (Wildman–Crippen LogP) is 1.91. The van der Waals surface area contributed by atoms with Gasteiger partial charge in [0, 0.05) is 50.0 Å². The van der Waals surface area contributed by atoms with E-state index in [0.29, 0.717) is 44.6 Å². The van der Waals surface area contributed by atoms with E-state index in [4.69, 9.17) is 6.42 Å². The number of nitrogens with zero attached hydrogens (tertiary/aromatic N) is 4. The maximum Gasteiger partial charge on any atom is 0.229 e. The minimum atomic E-state index is -0.382. The Hall–Kier alpha value is -2.82. The maximum absolute atomic E-state index is 12.3. The molecule has 8 heteroatoms. The van der Waals surface area contributed by atoms with E-state index in [2.05, 4.69) is 36.8 Å². The molecular formula is C18H22N6O2. The lowest BCUT2D eigenvalue weighted by molar-refractivity contribution is -0.125. The van der Waals surface area contributed by atoms with Crippen LogP contribution < -0.4 is 10.6 Å². The van der Waals surface area contributed by atoms with Crippen LogP contribution in [0.4, 0.5) is 5.95 Å². The van der Waals surface area contributed by atoms with Gasteiger partial charge in [-0.15, -0.1) is 12.3 Å². The molecular weight excluding hydrogens is 332 g/mol. The SMILES string of the molecule is C#CCCC1(CCNC(=O)[C@@H]2CC[C@H](C(=O)Nc3ncccn3)C2)N=N1. The summed E-state index contributed by atoms with van der Waals surface area (Å²) >= 11 is 0. The summed E-state index contributed by atoms with van der Waals surface area (Å²) in [7, 11) is 0. The third-order valence-electron chi connectivity index (χ3n) is 4.85. The Labute approximate surface area is 152 Å². The van der Waals surface area contributed by atoms with E-state index in [1.807, 2.05) is 0 Å². The molecule has 26 heavy (non-hydrogen) atoms. The van der Waals surface area contributed by atoms with Gasteiger partial charge in [-0.25, -0.2) is 9.97 Å². The van der Waals surface area contributed by atoms with Gasteiger partial charge in [-0.05, 0) is 25.3 Å². The summed E-state index contributed by atoms with van der Waals surface area (Å²) in [4.78, 5) is 32.6. The summed E-state index contributed by atoms with van der Waals surface area (Å²) in [5.74, 6) is 2.41. The minimum Gasteiger partial charge on any atom is -0.356 e. The van der Waals surface area contributed by atoms with Crippen molar-refractivity contribution in [3.8, 4) is 12.3 Å². The molecule has 2 heterocycles. The van der Waals surface area contributed by atoms with Crippen LogP contribution in [0.5, 0.6) is 0 Å². The first-order valence-corrected chi connectivity index (χ1v) is 8.85. The summed E-state index contributed by atoms with van der Waals surface area (Å²) in [5, 5.41) is 13.7. The smallest absolute Gasteiger partial charge is 0.229 e. The Morgan fingerprint density at radius 2 is 1.85 bits per heavy atom. The van der Waals surface area contributed by atoms with E-state index in [1.54, 1.807) is 18.5 Å². The topological polar surface area (TPSA) is 109 Å². The lowest BCUT2D eigenvalue weighted by atomic mass is 10.0. The Balaban J connectivity index is 1.39. The Bertz CT molecular complexity index is 721. The standard InChI is InChI=1S/C18H22N6O2/c1-2-3-7-18(23-24-18)8-11-19-15(25)13-5-6-14(12-13)16(26)22-17-20-9-4-10-21-17/h1,4,9-10,13-14H,3,5-8,11-12H2,(H,19,25)(H,20,21,22,26)/t13-,14+/m1/s1. The zero-order chi connectivity index (χ0) is 18.4. The Morgan fingerprint density at radius 1 is 1.15 bits per heavy atom. The number of aromatic nitrogens is 2. The van der Waals surface area contributed by atoms with E-state index < -0.39 is 0 Å². The molecule has 8 nitrogen and oxygen atoms in total. The van der Waals surface area contributed by atoms with Crippen molar-refractivity contribution in [1.82, 2.24) is 15.3 Å². The second kappa shape index (κ2) is 8.04. The van der Waals surface area contributed by atoms with Crippen molar-refractivity contribution in [3.63, 3.8) is 0 Å². The molecule has 1 saturated carbocycles. The Kier molecular flexibility index (Phi) is 5.56. The van der Waals surface area contributed by atoms with E-state index in [0.717, 1.165) is 6.42 Å². The first-order valence-electron chi connectivity index (χ1n) is 8.85. The molecule has 1 aromatic heterocycles. The van der Waals surface area contributed by atoms with E-state index in [1.165, 1.54) is 0 Å². The van der Waals surface area contributed by atoms with Gasteiger partial charge < -0.3 is 5.32 Å². The number of carbonyl (C=O) groups is 2. The van der Waals surface area contributed by atoms with Crippen LogP contribution in [0.1, 0.15) is 38.5 Å². The molecule has 0 saturated heterocycles. The molecule has 3 rings (SSSR count). The zero-order valence-electron chi connectivity index (χ0n) is 14.5. The van der Waals surface area contributed by atoms with Crippen LogP contribution in [0.15, 0.2) is 28.7 Å². The number of anilines is 1. The molecule has 2 amide bonds. The summed E-state index contributed by atoms with van der Waals surface area (Å²) in [5.41, 5.74) is -0.382. The molecule has 2 N–H and O–H groups in total. The van der Waals surface area contributed by atoms with Crippen LogP contribution >= 0.6 is 0 Å². The van der Waals surface area contributed by atoms with Gasteiger partial charge in [0.1, 0.15) is 0 Å². The van der Waals surface area contributed by atoms with Gasteiger partial charge >= 0.3 is 0 Å². The van der Waals surface area contributed by atoms with E-state index in [9.17, 15) is 9.59 Å². The van der Waals surface area contributed by atoms with Crippen LogP contribution in [0.25, 0.3) is 0 Å². The van der Waals surface area contributed by atoms with Crippen molar-refractivity contribution in [3.05, 3.63) is 18.5 Å². The van der Waals surface area contributed by atoms with Crippen molar-refractivity contribution in [2.45, 2.75) is 44.2 Å². The van der Waals surface area contributed by atoms with Gasteiger partial charge in [0.15, 0.2) is 5.66 Å². The van der Waals surface area contributed by atoms with E-state index >= 15 is 0 Å². The van der Waals surface area contributed by atoms with Gasteiger partial charge in [0.2, 0.25) is 17.8 Å². The molecule has 1 aliphatic heterocycles. The fourth-order valence-corrected chi connectivity index (χ4v) is 3.23. The lowest BCUT2D eigenvalue weighted by Gasteiger charge is -2.13. The highest BCUT2D eigenvalue weighted by molar-refractivity contribution is 5.92. The van der Waals surface area contributed by atoms with Crippen molar-refractivity contribution in [2.75, 3.05) is 11.9 Å². The van der Waals surface area contributed by atoms with Crippen molar-refractivity contribution >= 4 is 17.8 Å². The van der Waals surface area contributed by atoms with Crippen LogP contribution in [-0.2, 0) is 9.59 Å². The average molecular weight is 354 g/mol. The summed E-state index contributed by atoms with van der Waals surface area (Å²) < 4.78 is 0. The summed E-state index contributed by atoms with van der Waals surface area (Å²) in [6, 6.07) is 1.68. The molecule has 1 aromatic rings. The third kappa shape index (κ3) is 4.63. The molecule has 0 aromatic carbocycles. The number of nitrogens with one attached hydrogen (secondary N) is 2. The van der Waals surface area contributed by atoms with Gasteiger partial charge in [-0.3, -0.25) is 14.9 Å². The number of amides is 2. The molecule has 2 atom stereocenters. The monoisotopic (exact) mass is 354 g/mol. The molecule has 1 aliphatic carbocycles. The first-order chi connectivity index (χ1) is 12.6. The lowest BCUT2D eigenvalue weighted by Crippen LogP contribution is -2.33. The minimum absolute atomic E-state index is 0.0102. The molecule has 1 fully saturated rings. The Morgan fingerprint density at radius 3 is 2.50 bits per heavy atom. The van der Waals surface area contributed by atoms with Gasteiger partial charge in [0.05, 0.1) is 0 Å². The summed E-state index contributed by atoms with van der Waals surface area (Å²) in [6.07, 6.45) is 12.4. The highest BCUT2D eigenvalue weighted by atomic mass is 16.2. The predicted molar refractivity (Wildman–Crippen MR) is 94.8 cm³/mol.